The Kier molecular flexibility index (Phi) is 25.9. The number of hydrogen-bond donors (Lipinski definition) is 0. The molecule has 49 heavy (non-hydrogen) atoms. The van der Waals surface area contributed by atoms with E-state index in [-0.39, 0.29) is 56.6 Å². The van der Waals surface area contributed by atoms with E-state index < -0.39 is 35.8 Å². The minimum atomic E-state index is -0.859. The molecule has 0 radical (unpaired) electrons. The van der Waals surface area contributed by atoms with Crippen LogP contribution in [0.2, 0.25) is 0 Å². The summed E-state index contributed by atoms with van der Waals surface area (Å²) in [7, 11) is 0. The van der Waals surface area contributed by atoms with E-state index in [4.69, 9.17) is 0 Å². The topological polar surface area (TPSA) is 241 Å². The van der Waals surface area contributed by atoms with Crippen molar-refractivity contribution in [1.29, 1.82) is 0 Å². The number of carboxylic acids is 6. The van der Waals surface area contributed by atoms with Crippen molar-refractivity contribution >= 4 is 35.8 Å². The first-order chi connectivity index (χ1) is 22.8. The summed E-state index contributed by atoms with van der Waals surface area (Å²) in [6.07, 6.45) is 22.8. The monoisotopic (exact) mass is 776 g/mol. The van der Waals surface area contributed by atoms with Gasteiger partial charge in [-0.1, -0.05) is 77.0 Å². The average molecular weight is 775 g/mol. The number of carbonyl (C=O) groups excluding carboxylic acids is 6. The fourth-order valence-electron chi connectivity index (χ4n) is 6.97. The van der Waals surface area contributed by atoms with Gasteiger partial charge in [-0.3, -0.25) is 0 Å². The van der Waals surface area contributed by atoms with E-state index in [1.54, 1.807) is 0 Å². The van der Waals surface area contributed by atoms with Crippen LogP contribution in [0.1, 0.15) is 154 Å². The standard InChI is InChI=1S/6C6H10O2.Mo/c6*7-6(8)5-3-1-2-4-5;/h6*5H,1-4H2,(H,7,8);/q;;;;;;+6/p-6. The number of carboxylic acid groups (broad SMARTS) is 6. The van der Waals surface area contributed by atoms with Crippen molar-refractivity contribution in [2.75, 3.05) is 0 Å². The second kappa shape index (κ2) is 27.3. The number of rotatable bonds is 6. The van der Waals surface area contributed by atoms with Gasteiger partial charge in [0.2, 0.25) is 0 Å². The summed E-state index contributed by atoms with van der Waals surface area (Å²) >= 11 is 0. The predicted octanol–water partition coefficient (Wildman–Crippen LogP) is -0.443. The molecule has 0 amide bonds. The summed E-state index contributed by atoms with van der Waals surface area (Å²) in [6.45, 7) is 0. The summed E-state index contributed by atoms with van der Waals surface area (Å²) in [6, 6.07) is 0. The minimum Gasteiger partial charge on any atom is -0.550 e. The molecule has 6 aliphatic carbocycles. The van der Waals surface area contributed by atoms with Crippen molar-refractivity contribution in [1.82, 2.24) is 0 Å². The van der Waals surface area contributed by atoms with Crippen LogP contribution in [0, 0.1) is 35.5 Å². The molecule has 0 aromatic carbocycles. The molecule has 12 nitrogen and oxygen atoms in total. The molecule has 0 saturated heterocycles. The fraction of sp³-hybridized carbons (Fsp3) is 0.833. The maximum atomic E-state index is 10.1. The van der Waals surface area contributed by atoms with Gasteiger partial charge in [0.05, 0.1) is 0 Å². The second-order valence-corrected chi connectivity index (χ2v) is 13.8. The Hall–Kier alpha value is -2.49. The molecule has 0 spiro atoms. The van der Waals surface area contributed by atoms with E-state index >= 15 is 0 Å². The zero-order valence-electron chi connectivity index (χ0n) is 28.7. The molecule has 276 valence electrons. The predicted molar refractivity (Wildman–Crippen MR) is 162 cm³/mol. The Morgan fingerprint density at radius 1 is 0.245 bits per heavy atom. The molecule has 6 aliphatic rings. The summed E-state index contributed by atoms with van der Waals surface area (Å²) in [5, 5.41) is 60.5. The Labute approximate surface area is 305 Å². The fourth-order valence-corrected chi connectivity index (χ4v) is 6.97. The smallest absolute Gasteiger partial charge is 0.550 e. The van der Waals surface area contributed by atoms with E-state index in [1.165, 1.54) is 0 Å². The van der Waals surface area contributed by atoms with Crippen LogP contribution in [0.15, 0.2) is 0 Å². The first-order valence-corrected chi connectivity index (χ1v) is 18.1. The van der Waals surface area contributed by atoms with E-state index in [0.717, 1.165) is 154 Å². The Bertz CT molecular complexity index is 765. The zero-order valence-corrected chi connectivity index (χ0v) is 30.7. The average Bonchev–Trinajstić information content (AvgIpc) is 3.91. The summed E-state index contributed by atoms with van der Waals surface area (Å²) in [4.78, 5) is 60.5. The molecule has 6 fully saturated rings. The summed E-state index contributed by atoms with van der Waals surface area (Å²) in [5.74, 6) is -5.93. The number of hydrogen-bond acceptors (Lipinski definition) is 12. The van der Waals surface area contributed by atoms with Gasteiger partial charge < -0.3 is 59.4 Å². The Morgan fingerprint density at radius 3 is 0.367 bits per heavy atom. The van der Waals surface area contributed by atoms with Gasteiger partial charge in [0.1, 0.15) is 0 Å². The molecule has 0 aromatic rings. The number of carbonyl (C=O) groups is 6. The molecule has 13 heteroatoms. The van der Waals surface area contributed by atoms with Crippen LogP contribution in [-0.2, 0) is 49.8 Å². The van der Waals surface area contributed by atoms with E-state index in [0.29, 0.717) is 0 Å². The van der Waals surface area contributed by atoms with Crippen LogP contribution in [0.3, 0.4) is 0 Å². The van der Waals surface area contributed by atoms with Gasteiger partial charge in [-0.25, -0.2) is 0 Å². The van der Waals surface area contributed by atoms with Crippen LogP contribution in [0.4, 0.5) is 0 Å². The van der Waals surface area contributed by atoms with Crippen molar-refractivity contribution in [2.24, 2.45) is 35.5 Å². The molecule has 0 aromatic heterocycles. The SMILES string of the molecule is O=C([O-])C1CCCC1.O=C([O-])C1CCCC1.O=C([O-])C1CCCC1.O=C([O-])C1CCCC1.O=C([O-])C1CCCC1.O=C([O-])C1CCCC1.[Mo+6]. The van der Waals surface area contributed by atoms with Crippen LogP contribution in [0.5, 0.6) is 0 Å². The molecule has 0 bridgehead atoms. The third kappa shape index (κ3) is 21.4. The molecule has 0 N–H and O–H groups in total. The quantitative estimate of drug-likeness (QED) is 0.312. The van der Waals surface area contributed by atoms with Crippen molar-refractivity contribution in [3.8, 4) is 0 Å². The van der Waals surface area contributed by atoms with Gasteiger partial charge in [-0.15, -0.1) is 0 Å². The first kappa shape index (κ1) is 46.5. The van der Waals surface area contributed by atoms with Gasteiger partial charge in [0, 0.05) is 35.8 Å². The van der Waals surface area contributed by atoms with Gasteiger partial charge in [0.15, 0.2) is 0 Å². The van der Waals surface area contributed by atoms with Gasteiger partial charge >= 0.3 is 21.1 Å². The van der Waals surface area contributed by atoms with Crippen molar-refractivity contribution < 1.29 is 80.5 Å². The molecule has 6 rings (SSSR count). The van der Waals surface area contributed by atoms with E-state index in [2.05, 4.69) is 0 Å². The molecule has 0 atom stereocenters. The first-order valence-electron chi connectivity index (χ1n) is 18.1. The van der Waals surface area contributed by atoms with Gasteiger partial charge in [-0.2, -0.15) is 0 Å². The molecule has 0 unspecified atom stereocenters. The summed E-state index contributed by atoms with van der Waals surface area (Å²) in [5.41, 5.74) is 0. The third-order valence-electron chi connectivity index (χ3n) is 10.1. The van der Waals surface area contributed by atoms with E-state index in [1.807, 2.05) is 0 Å². The largest absolute Gasteiger partial charge is 6.00 e. The number of aliphatic carboxylic acids is 6. The van der Waals surface area contributed by atoms with Crippen LogP contribution in [0.25, 0.3) is 0 Å². The van der Waals surface area contributed by atoms with Crippen molar-refractivity contribution in [3.05, 3.63) is 0 Å². The van der Waals surface area contributed by atoms with Crippen molar-refractivity contribution in [3.63, 3.8) is 0 Å². The zero-order chi connectivity index (χ0) is 35.9. The molecular weight excluding hydrogens is 720 g/mol. The third-order valence-corrected chi connectivity index (χ3v) is 10.1. The second-order valence-electron chi connectivity index (χ2n) is 13.8. The maximum absolute atomic E-state index is 10.1. The van der Waals surface area contributed by atoms with Gasteiger partial charge in [0.25, 0.3) is 0 Å². The molecule has 0 heterocycles. The molecule has 6 saturated carbocycles. The molecular formula is C36H54MoO12. The van der Waals surface area contributed by atoms with Crippen LogP contribution < -0.4 is 30.6 Å². The Balaban J connectivity index is 0.000000562. The normalized spacial score (nSPS) is 21.1. The molecule has 0 aliphatic heterocycles. The van der Waals surface area contributed by atoms with E-state index in [9.17, 15) is 59.4 Å². The van der Waals surface area contributed by atoms with Crippen LogP contribution >= 0.6 is 0 Å². The summed E-state index contributed by atoms with van der Waals surface area (Å²) < 4.78 is 0. The van der Waals surface area contributed by atoms with Gasteiger partial charge in [-0.05, 0) is 113 Å². The van der Waals surface area contributed by atoms with Crippen molar-refractivity contribution in [2.45, 2.75) is 154 Å². The Morgan fingerprint density at radius 2 is 0.327 bits per heavy atom. The minimum absolute atomic E-state index is 0. The van der Waals surface area contributed by atoms with Crippen LogP contribution in [-0.4, -0.2) is 35.8 Å². The maximum Gasteiger partial charge on any atom is 6.00 e.